The molecular weight excluding hydrogens is 288 g/mol. The summed E-state index contributed by atoms with van der Waals surface area (Å²) in [5, 5.41) is 21.4. The van der Waals surface area contributed by atoms with E-state index in [1.807, 2.05) is 0 Å². The fourth-order valence-electron chi connectivity index (χ4n) is 4.55. The fraction of sp³-hybridized carbons (Fsp3) is 0.750. The smallest absolute Gasteiger partial charge is 0.334 e. The third-order valence-corrected chi connectivity index (χ3v) is 5.80. The average Bonchev–Trinajstić information content (AvgIpc) is 2.79. The quantitative estimate of drug-likeness (QED) is 0.543. The van der Waals surface area contributed by atoms with Crippen LogP contribution in [0.1, 0.15) is 33.1 Å². The minimum atomic E-state index is -0.959. The van der Waals surface area contributed by atoms with Crippen molar-refractivity contribution in [2.75, 3.05) is 0 Å². The van der Waals surface area contributed by atoms with Crippen LogP contribution in [0, 0.1) is 17.3 Å². The van der Waals surface area contributed by atoms with Gasteiger partial charge in [-0.15, -0.1) is 0 Å². The molecule has 0 radical (unpaired) electrons. The first-order chi connectivity index (χ1) is 10.3. The number of esters is 2. The lowest BCUT2D eigenvalue weighted by molar-refractivity contribution is -0.150. The molecule has 7 unspecified atom stereocenters. The summed E-state index contributed by atoms with van der Waals surface area (Å²) in [5.41, 5.74) is -0.585. The van der Waals surface area contributed by atoms with E-state index in [2.05, 4.69) is 6.58 Å². The lowest BCUT2D eigenvalue weighted by atomic mass is 9.69. The summed E-state index contributed by atoms with van der Waals surface area (Å²) >= 11 is 0. The summed E-state index contributed by atoms with van der Waals surface area (Å²) in [6.45, 7) is 6.89. The summed E-state index contributed by atoms with van der Waals surface area (Å²) in [5.74, 6) is -1.54. The number of carbonyl (C=O) groups excluding carboxylic acids is 2. The first-order valence-electron chi connectivity index (χ1n) is 7.70. The van der Waals surface area contributed by atoms with Gasteiger partial charge in [-0.1, -0.05) is 13.5 Å². The van der Waals surface area contributed by atoms with E-state index in [1.54, 1.807) is 6.92 Å². The van der Waals surface area contributed by atoms with Crippen LogP contribution in [0.4, 0.5) is 0 Å². The second-order valence-electron chi connectivity index (χ2n) is 6.89. The second kappa shape index (κ2) is 5.06. The summed E-state index contributed by atoms with van der Waals surface area (Å²) in [6.07, 6.45) is -1.12. The second-order valence-corrected chi connectivity index (χ2v) is 6.89. The van der Waals surface area contributed by atoms with Crippen molar-refractivity contribution in [3.8, 4) is 0 Å². The Morgan fingerprint density at radius 1 is 1.41 bits per heavy atom. The van der Waals surface area contributed by atoms with Crippen molar-refractivity contribution in [2.24, 2.45) is 17.3 Å². The highest BCUT2D eigenvalue weighted by Crippen LogP contribution is 2.55. The molecule has 0 bridgehead atoms. The maximum Gasteiger partial charge on any atom is 0.334 e. The molecule has 0 spiro atoms. The van der Waals surface area contributed by atoms with Gasteiger partial charge in [-0.25, -0.2) is 4.79 Å². The number of fused-ring (bicyclic) bond motifs is 2. The topological polar surface area (TPSA) is 93.1 Å². The molecule has 2 aliphatic carbocycles. The van der Waals surface area contributed by atoms with Crippen LogP contribution in [0.15, 0.2) is 12.2 Å². The van der Waals surface area contributed by atoms with Crippen molar-refractivity contribution in [3.63, 3.8) is 0 Å². The van der Waals surface area contributed by atoms with Crippen molar-refractivity contribution in [2.45, 2.75) is 57.5 Å². The molecule has 2 saturated carbocycles. The van der Waals surface area contributed by atoms with E-state index < -0.39 is 47.7 Å². The van der Waals surface area contributed by atoms with Gasteiger partial charge in [-0.05, 0) is 12.8 Å². The zero-order chi connectivity index (χ0) is 16.2. The van der Waals surface area contributed by atoms with Gasteiger partial charge in [0.1, 0.15) is 12.2 Å². The molecule has 3 fully saturated rings. The van der Waals surface area contributed by atoms with Crippen LogP contribution < -0.4 is 0 Å². The van der Waals surface area contributed by atoms with Crippen LogP contribution in [0.2, 0.25) is 0 Å². The fourth-order valence-corrected chi connectivity index (χ4v) is 4.55. The van der Waals surface area contributed by atoms with Crippen LogP contribution in [0.3, 0.4) is 0 Å². The molecule has 3 rings (SSSR count). The molecule has 2 N–H and O–H groups in total. The molecular formula is C16H22O6. The lowest BCUT2D eigenvalue weighted by Crippen LogP contribution is -2.48. The molecule has 1 aliphatic heterocycles. The molecule has 1 saturated heterocycles. The third-order valence-electron chi connectivity index (χ3n) is 5.80. The van der Waals surface area contributed by atoms with Crippen LogP contribution in [-0.2, 0) is 19.1 Å². The molecule has 0 aromatic heterocycles. The minimum absolute atomic E-state index is 0.168. The van der Waals surface area contributed by atoms with Crippen molar-refractivity contribution in [1.29, 1.82) is 0 Å². The number of carbonyl (C=O) groups is 2. The number of aliphatic hydroxyl groups excluding tert-OH is 2. The maximum absolute atomic E-state index is 11.7. The molecule has 6 heteroatoms. The highest BCUT2D eigenvalue weighted by molar-refractivity contribution is 5.91. The molecule has 6 nitrogen and oxygen atoms in total. The van der Waals surface area contributed by atoms with Gasteiger partial charge < -0.3 is 19.7 Å². The van der Waals surface area contributed by atoms with Gasteiger partial charge in [-0.2, -0.15) is 0 Å². The summed E-state index contributed by atoms with van der Waals surface area (Å²) < 4.78 is 10.7. The average molecular weight is 310 g/mol. The highest BCUT2D eigenvalue weighted by atomic mass is 16.6. The molecule has 122 valence electrons. The highest BCUT2D eigenvalue weighted by Gasteiger charge is 2.62. The normalized spacial score (nSPS) is 47.5. The Hall–Kier alpha value is -1.40. The number of ether oxygens (including phenoxy) is 2. The molecule has 22 heavy (non-hydrogen) atoms. The first kappa shape index (κ1) is 15.5. The van der Waals surface area contributed by atoms with Gasteiger partial charge in [0.25, 0.3) is 0 Å². The molecule has 0 amide bonds. The summed E-state index contributed by atoms with van der Waals surface area (Å²) in [6, 6.07) is 0. The monoisotopic (exact) mass is 310 g/mol. The van der Waals surface area contributed by atoms with Gasteiger partial charge >= 0.3 is 11.9 Å². The zero-order valence-corrected chi connectivity index (χ0v) is 12.8. The maximum atomic E-state index is 11.7. The van der Waals surface area contributed by atoms with Crippen LogP contribution in [0.5, 0.6) is 0 Å². The van der Waals surface area contributed by atoms with Gasteiger partial charge in [0.15, 0.2) is 0 Å². The third kappa shape index (κ3) is 2.01. The van der Waals surface area contributed by atoms with Crippen molar-refractivity contribution in [3.05, 3.63) is 12.2 Å². The largest absolute Gasteiger partial charge is 0.462 e. The number of rotatable bonds is 1. The molecule has 0 aromatic rings. The molecule has 7 atom stereocenters. The molecule has 3 aliphatic rings. The van der Waals surface area contributed by atoms with E-state index in [1.165, 1.54) is 6.92 Å². The van der Waals surface area contributed by atoms with Crippen LogP contribution in [0.25, 0.3) is 0 Å². The van der Waals surface area contributed by atoms with Crippen LogP contribution in [-0.4, -0.2) is 46.6 Å². The summed E-state index contributed by atoms with van der Waals surface area (Å²) in [4.78, 5) is 23.0. The predicted octanol–water partition coefficient (Wildman–Crippen LogP) is 0.558. The van der Waals surface area contributed by atoms with E-state index in [9.17, 15) is 19.8 Å². The zero-order valence-electron chi connectivity index (χ0n) is 12.8. The first-order valence-corrected chi connectivity index (χ1v) is 7.70. The van der Waals surface area contributed by atoms with Gasteiger partial charge in [0.2, 0.25) is 0 Å². The van der Waals surface area contributed by atoms with E-state index in [0.717, 1.165) is 0 Å². The van der Waals surface area contributed by atoms with Crippen molar-refractivity contribution >= 4 is 11.9 Å². The van der Waals surface area contributed by atoms with Gasteiger partial charge in [-0.3, -0.25) is 4.79 Å². The summed E-state index contributed by atoms with van der Waals surface area (Å²) in [7, 11) is 0. The number of hydrogen-bond acceptors (Lipinski definition) is 6. The Bertz CT molecular complexity index is 529. The molecule has 1 heterocycles. The van der Waals surface area contributed by atoms with Gasteiger partial charge in [0.05, 0.1) is 18.1 Å². The van der Waals surface area contributed by atoms with E-state index in [-0.39, 0.29) is 11.5 Å². The Morgan fingerprint density at radius 2 is 2.09 bits per heavy atom. The van der Waals surface area contributed by atoms with Crippen molar-refractivity contribution in [1.82, 2.24) is 0 Å². The Balaban J connectivity index is 1.95. The van der Waals surface area contributed by atoms with Crippen molar-refractivity contribution < 1.29 is 29.3 Å². The minimum Gasteiger partial charge on any atom is -0.462 e. The van der Waals surface area contributed by atoms with Crippen LogP contribution >= 0.6 is 0 Å². The molecule has 0 aromatic carbocycles. The van der Waals surface area contributed by atoms with E-state index in [0.29, 0.717) is 19.3 Å². The Kier molecular flexibility index (Phi) is 3.57. The van der Waals surface area contributed by atoms with Gasteiger partial charge in [0, 0.05) is 30.3 Å². The van der Waals surface area contributed by atoms with E-state index >= 15 is 0 Å². The SMILES string of the molecule is C=C1C(=O)OC2CCC3C(OC(C)=O)CC(O)C3(C)C(O)C12. The number of hydrogen-bond donors (Lipinski definition) is 2. The predicted molar refractivity (Wildman–Crippen MR) is 75.5 cm³/mol. The lowest BCUT2D eigenvalue weighted by Gasteiger charge is -2.40. The van der Waals surface area contributed by atoms with E-state index in [4.69, 9.17) is 9.47 Å². The number of aliphatic hydroxyl groups is 2. The Labute approximate surface area is 129 Å². The standard InChI is InChI=1S/C16H22O6/c1-7-13-10(22-15(7)20)5-4-9-11(21-8(2)17)6-12(18)16(9,3)14(13)19/h9-14,18-19H,1,4-6H2,2-3H3. The Morgan fingerprint density at radius 3 is 2.73 bits per heavy atom.